The lowest BCUT2D eigenvalue weighted by Gasteiger charge is -2.09. The van der Waals surface area contributed by atoms with Crippen LogP contribution in [0.4, 0.5) is 5.69 Å². The molecule has 0 unspecified atom stereocenters. The normalized spacial score (nSPS) is 12.9. The molecule has 25 heavy (non-hydrogen) atoms. The molecule has 4 rings (SSSR count). The number of carbonyl (C=O) groups is 1. The van der Waals surface area contributed by atoms with Gasteiger partial charge in [0.2, 0.25) is 6.41 Å². The first-order chi connectivity index (χ1) is 12.2. The standard InChI is InChI=1S/C18H19N5O2/c1-12(2)23-16(5-6-20-23)15-10-22-7-8-25-17-9-13(19-11-24)3-4-14(17)18(22)21-15/h3-6,9-12H,7-8H2,1-2H3,(H,19,24). The lowest BCUT2D eigenvalue weighted by molar-refractivity contribution is -0.105. The van der Waals surface area contributed by atoms with Crippen molar-refractivity contribution in [2.45, 2.75) is 26.4 Å². The minimum atomic E-state index is 0.263. The van der Waals surface area contributed by atoms with Crippen LogP contribution < -0.4 is 10.1 Å². The highest BCUT2D eigenvalue weighted by Gasteiger charge is 2.21. The van der Waals surface area contributed by atoms with Crippen molar-refractivity contribution in [2.75, 3.05) is 11.9 Å². The third kappa shape index (κ3) is 2.67. The topological polar surface area (TPSA) is 74.0 Å². The molecule has 7 heteroatoms. The van der Waals surface area contributed by atoms with Crippen molar-refractivity contribution in [3.05, 3.63) is 36.7 Å². The maximum absolute atomic E-state index is 10.7. The summed E-state index contributed by atoms with van der Waals surface area (Å²) in [6.45, 7) is 5.46. The van der Waals surface area contributed by atoms with Gasteiger partial charge in [0.25, 0.3) is 0 Å². The van der Waals surface area contributed by atoms with Gasteiger partial charge < -0.3 is 14.6 Å². The Bertz CT molecular complexity index is 925. The molecule has 7 nitrogen and oxygen atoms in total. The minimum Gasteiger partial charge on any atom is -0.491 e. The van der Waals surface area contributed by atoms with Gasteiger partial charge in [0.1, 0.15) is 23.9 Å². The zero-order valence-electron chi connectivity index (χ0n) is 14.1. The lowest BCUT2D eigenvalue weighted by atomic mass is 10.1. The second-order valence-corrected chi connectivity index (χ2v) is 6.22. The van der Waals surface area contributed by atoms with Gasteiger partial charge in [-0.3, -0.25) is 9.48 Å². The summed E-state index contributed by atoms with van der Waals surface area (Å²) in [5.74, 6) is 1.58. The van der Waals surface area contributed by atoms with Crippen LogP contribution >= 0.6 is 0 Å². The molecule has 1 aliphatic rings. The Kier molecular flexibility index (Phi) is 3.76. The Labute approximate surface area is 145 Å². The van der Waals surface area contributed by atoms with E-state index < -0.39 is 0 Å². The van der Waals surface area contributed by atoms with E-state index in [2.05, 4.69) is 28.8 Å². The van der Waals surface area contributed by atoms with E-state index in [0.29, 0.717) is 25.2 Å². The molecule has 3 aromatic rings. The smallest absolute Gasteiger partial charge is 0.211 e. The summed E-state index contributed by atoms with van der Waals surface area (Å²) in [6.07, 6.45) is 4.50. The predicted molar refractivity (Wildman–Crippen MR) is 94.5 cm³/mol. The number of fused-ring (bicyclic) bond motifs is 3. The molecule has 0 radical (unpaired) electrons. The molecular weight excluding hydrogens is 318 g/mol. The lowest BCUT2D eigenvalue weighted by Crippen LogP contribution is -2.05. The average molecular weight is 337 g/mol. The Balaban J connectivity index is 1.80. The van der Waals surface area contributed by atoms with Gasteiger partial charge >= 0.3 is 0 Å². The Morgan fingerprint density at radius 1 is 1.32 bits per heavy atom. The van der Waals surface area contributed by atoms with Crippen LogP contribution in [0.25, 0.3) is 22.8 Å². The predicted octanol–water partition coefficient (Wildman–Crippen LogP) is 2.96. The first-order valence-corrected chi connectivity index (χ1v) is 8.26. The molecule has 1 aromatic carbocycles. The number of benzene rings is 1. The number of aromatic nitrogens is 4. The van der Waals surface area contributed by atoms with Crippen LogP contribution in [0.15, 0.2) is 36.7 Å². The van der Waals surface area contributed by atoms with E-state index in [1.807, 2.05) is 35.1 Å². The van der Waals surface area contributed by atoms with Crippen molar-refractivity contribution in [2.24, 2.45) is 0 Å². The van der Waals surface area contributed by atoms with Gasteiger partial charge in [0.15, 0.2) is 0 Å². The summed E-state index contributed by atoms with van der Waals surface area (Å²) in [4.78, 5) is 15.5. The highest BCUT2D eigenvalue weighted by molar-refractivity contribution is 5.77. The van der Waals surface area contributed by atoms with E-state index in [4.69, 9.17) is 9.72 Å². The van der Waals surface area contributed by atoms with Crippen LogP contribution in [-0.2, 0) is 11.3 Å². The average Bonchev–Trinajstić information content (AvgIpc) is 3.19. The Morgan fingerprint density at radius 2 is 2.20 bits per heavy atom. The number of nitrogens with one attached hydrogen (secondary N) is 1. The first kappa shape index (κ1) is 15.4. The van der Waals surface area contributed by atoms with E-state index >= 15 is 0 Å². The monoisotopic (exact) mass is 337 g/mol. The summed E-state index contributed by atoms with van der Waals surface area (Å²) in [5, 5.41) is 7.04. The summed E-state index contributed by atoms with van der Waals surface area (Å²) < 4.78 is 9.91. The van der Waals surface area contributed by atoms with E-state index in [1.54, 1.807) is 6.20 Å². The molecule has 0 fully saturated rings. The second kappa shape index (κ2) is 6.08. The van der Waals surface area contributed by atoms with Crippen molar-refractivity contribution >= 4 is 12.1 Å². The van der Waals surface area contributed by atoms with Gasteiger partial charge in [-0.05, 0) is 32.0 Å². The molecule has 0 saturated carbocycles. The van der Waals surface area contributed by atoms with E-state index in [9.17, 15) is 4.79 Å². The van der Waals surface area contributed by atoms with Crippen molar-refractivity contribution in [1.82, 2.24) is 19.3 Å². The van der Waals surface area contributed by atoms with E-state index in [0.717, 1.165) is 28.5 Å². The van der Waals surface area contributed by atoms with Crippen LogP contribution in [-0.4, -0.2) is 32.3 Å². The van der Waals surface area contributed by atoms with Gasteiger partial charge in [-0.2, -0.15) is 5.10 Å². The fourth-order valence-corrected chi connectivity index (χ4v) is 3.09. The minimum absolute atomic E-state index is 0.263. The van der Waals surface area contributed by atoms with Crippen molar-refractivity contribution in [3.8, 4) is 28.5 Å². The van der Waals surface area contributed by atoms with Crippen LogP contribution in [0.5, 0.6) is 5.75 Å². The molecule has 1 aliphatic heterocycles. The Morgan fingerprint density at radius 3 is 3.00 bits per heavy atom. The highest BCUT2D eigenvalue weighted by Crippen LogP contribution is 2.35. The number of amides is 1. The van der Waals surface area contributed by atoms with Crippen molar-refractivity contribution < 1.29 is 9.53 Å². The molecule has 0 saturated heterocycles. The molecule has 128 valence electrons. The highest BCUT2D eigenvalue weighted by atomic mass is 16.5. The number of anilines is 1. The maximum atomic E-state index is 10.7. The van der Waals surface area contributed by atoms with Gasteiger partial charge in [-0.25, -0.2) is 4.98 Å². The molecular formula is C18H19N5O2. The molecule has 1 amide bonds. The SMILES string of the molecule is CC(C)n1nccc1-c1cn2c(n1)-c1ccc(NC=O)cc1OCC2. The molecule has 3 heterocycles. The third-order valence-corrected chi connectivity index (χ3v) is 4.24. The Hall–Kier alpha value is -3.09. The van der Waals surface area contributed by atoms with Gasteiger partial charge in [-0.1, -0.05) is 0 Å². The summed E-state index contributed by atoms with van der Waals surface area (Å²) in [5.41, 5.74) is 3.50. The zero-order chi connectivity index (χ0) is 17.4. The number of nitrogens with zero attached hydrogens (tertiary/aromatic N) is 4. The van der Waals surface area contributed by atoms with E-state index in [-0.39, 0.29) is 6.04 Å². The number of hydrogen-bond donors (Lipinski definition) is 1. The van der Waals surface area contributed by atoms with Crippen LogP contribution in [0.2, 0.25) is 0 Å². The quantitative estimate of drug-likeness (QED) is 0.743. The number of imidazole rings is 1. The maximum Gasteiger partial charge on any atom is 0.211 e. The fraction of sp³-hybridized carbons (Fsp3) is 0.278. The summed E-state index contributed by atoms with van der Waals surface area (Å²) >= 11 is 0. The van der Waals surface area contributed by atoms with Crippen molar-refractivity contribution in [3.63, 3.8) is 0 Å². The third-order valence-electron chi connectivity index (χ3n) is 4.24. The van der Waals surface area contributed by atoms with E-state index in [1.165, 1.54) is 0 Å². The molecule has 2 aromatic heterocycles. The molecule has 1 N–H and O–H groups in total. The molecule has 0 bridgehead atoms. The van der Waals surface area contributed by atoms with Gasteiger partial charge in [0, 0.05) is 30.2 Å². The number of hydrogen-bond acceptors (Lipinski definition) is 4. The summed E-state index contributed by atoms with van der Waals surface area (Å²) in [6, 6.07) is 7.84. The number of carbonyl (C=O) groups excluding carboxylic acids is 1. The van der Waals surface area contributed by atoms with Crippen LogP contribution in [0, 0.1) is 0 Å². The van der Waals surface area contributed by atoms with Crippen LogP contribution in [0.3, 0.4) is 0 Å². The van der Waals surface area contributed by atoms with Crippen LogP contribution in [0.1, 0.15) is 19.9 Å². The molecule has 0 spiro atoms. The largest absolute Gasteiger partial charge is 0.491 e. The zero-order valence-corrected chi connectivity index (χ0v) is 14.1. The fourth-order valence-electron chi connectivity index (χ4n) is 3.09. The first-order valence-electron chi connectivity index (χ1n) is 8.26. The number of ether oxygens (including phenoxy) is 1. The molecule has 0 atom stereocenters. The summed E-state index contributed by atoms with van der Waals surface area (Å²) in [7, 11) is 0. The second-order valence-electron chi connectivity index (χ2n) is 6.22. The van der Waals surface area contributed by atoms with Gasteiger partial charge in [-0.15, -0.1) is 0 Å². The molecule has 0 aliphatic carbocycles. The van der Waals surface area contributed by atoms with Gasteiger partial charge in [0.05, 0.1) is 17.8 Å². The number of rotatable bonds is 4. The van der Waals surface area contributed by atoms with Crippen molar-refractivity contribution in [1.29, 1.82) is 0 Å².